The van der Waals surface area contributed by atoms with Crippen LogP contribution in [-0.4, -0.2) is 30.0 Å². The predicted octanol–water partition coefficient (Wildman–Crippen LogP) is 3.61. The van der Waals surface area contributed by atoms with Gasteiger partial charge in [-0.25, -0.2) is 4.79 Å². The highest BCUT2D eigenvalue weighted by Crippen LogP contribution is 2.35. The van der Waals surface area contributed by atoms with Gasteiger partial charge in [-0.3, -0.25) is 0 Å². The van der Waals surface area contributed by atoms with Crippen molar-refractivity contribution in [2.75, 3.05) is 19.8 Å². The van der Waals surface area contributed by atoms with Crippen molar-refractivity contribution < 1.29 is 24.1 Å². The number of hydrogen-bond acceptors (Lipinski definition) is 6. The normalized spacial score (nSPS) is 11.0. The summed E-state index contributed by atoms with van der Waals surface area (Å²) in [5.74, 6) is 0.0151. The lowest BCUT2D eigenvalue weighted by atomic mass is 10.2. The summed E-state index contributed by atoms with van der Waals surface area (Å²) in [6, 6.07) is 5.04. The fourth-order valence-electron chi connectivity index (χ4n) is 2.51. The van der Waals surface area contributed by atoms with Crippen molar-refractivity contribution in [2.45, 2.75) is 45.4 Å². The van der Waals surface area contributed by atoms with E-state index in [0.717, 1.165) is 25.7 Å². The fourth-order valence-corrected chi connectivity index (χ4v) is 2.51. The number of para-hydroxylation sites is 1. The number of aliphatic hydroxyl groups excluding tert-OH is 1. The second-order valence-electron chi connectivity index (χ2n) is 5.89. The van der Waals surface area contributed by atoms with E-state index in [2.05, 4.69) is 6.92 Å². The molecule has 25 heavy (non-hydrogen) atoms. The number of hydrogen-bond donors (Lipinski definition) is 2. The molecular formula is C19H26O6. The Labute approximate surface area is 147 Å². The van der Waals surface area contributed by atoms with Crippen molar-refractivity contribution in [3.8, 4) is 17.2 Å². The number of benzene rings is 1. The van der Waals surface area contributed by atoms with Gasteiger partial charge in [-0.15, -0.1) is 0 Å². The molecule has 0 aliphatic carbocycles. The molecule has 0 bridgehead atoms. The zero-order chi connectivity index (χ0) is 18.1. The van der Waals surface area contributed by atoms with Gasteiger partial charge < -0.3 is 24.1 Å². The van der Waals surface area contributed by atoms with Crippen LogP contribution >= 0.6 is 0 Å². The van der Waals surface area contributed by atoms with Crippen LogP contribution in [0.5, 0.6) is 17.2 Å². The zero-order valence-electron chi connectivity index (χ0n) is 14.6. The lowest BCUT2D eigenvalue weighted by Gasteiger charge is -2.11. The minimum atomic E-state index is -0.716. The maximum atomic E-state index is 12.2. The van der Waals surface area contributed by atoms with Crippen LogP contribution < -0.4 is 15.1 Å². The maximum Gasteiger partial charge on any atom is 0.383 e. The van der Waals surface area contributed by atoms with Crippen molar-refractivity contribution >= 4 is 11.0 Å². The molecule has 2 N–H and O–H groups in total. The predicted molar refractivity (Wildman–Crippen MR) is 95.6 cm³/mol. The van der Waals surface area contributed by atoms with Gasteiger partial charge in [0.05, 0.1) is 18.6 Å². The average Bonchev–Trinajstić information content (AvgIpc) is 2.61. The van der Waals surface area contributed by atoms with Crippen molar-refractivity contribution in [1.82, 2.24) is 0 Å². The second kappa shape index (κ2) is 9.93. The second-order valence-corrected chi connectivity index (χ2v) is 5.89. The van der Waals surface area contributed by atoms with E-state index in [9.17, 15) is 9.90 Å². The highest BCUT2D eigenvalue weighted by Gasteiger charge is 2.18. The average molecular weight is 350 g/mol. The molecule has 0 aliphatic rings. The molecule has 6 nitrogen and oxygen atoms in total. The molecule has 2 aromatic rings. The third kappa shape index (κ3) is 5.13. The Morgan fingerprint density at radius 1 is 1.04 bits per heavy atom. The molecule has 0 amide bonds. The molecule has 0 fully saturated rings. The quantitative estimate of drug-likeness (QED) is 0.475. The van der Waals surface area contributed by atoms with Crippen LogP contribution in [0, 0.1) is 0 Å². The van der Waals surface area contributed by atoms with Crippen LogP contribution in [0.4, 0.5) is 0 Å². The van der Waals surface area contributed by atoms with Crippen molar-refractivity contribution in [2.24, 2.45) is 0 Å². The summed E-state index contributed by atoms with van der Waals surface area (Å²) in [5, 5.41) is 19.6. The Morgan fingerprint density at radius 3 is 2.56 bits per heavy atom. The Hall–Kier alpha value is -2.21. The van der Waals surface area contributed by atoms with Crippen LogP contribution in [0.1, 0.15) is 45.4 Å². The van der Waals surface area contributed by atoms with Gasteiger partial charge in [0, 0.05) is 6.61 Å². The van der Waals surface area contributed by atoms with Crippen LogP contribution in [-0.2, 0) is 0 Å². The number of rotatable bonds is 11. The number of ether oxygens (including phenoxy) is 2. The molecule has 0 radical (unpaired) electrons. The monoisotopic (exact) mass is 350 g/mol. The summed E-state index contributed by atoms with van der Waals surface area (Å²) < 4.78 is 16.4. The first kappa shape index (κ1) is 19.1. The Bertz CT molecular complexity index is 722. The fraction of sp³-hybridized carbons (Fsp3) is 0.526. The lowest BCUT2D eigenvalue weighted by Crippen LogP contribution is -2.09. The van der Waals surface area contributed by atoms with Gasteiger partial charge in [-0.2, -0.15) is 0 Å². The summed E-state index contributed by atoms with van der Waals surface area (Å²) >= 11 is 0. The molecule has 1 aromatic carbocycles. The van der Waals surface area contributed by atoms with E-state index >= 15 is 0 Å². The summed E-state index contributed by atoms with van der Waals surface area (Å²) in [6.45, 7) is 2.98. The van der Waals surface area contributed by atoms with E-state index in [1.54, 1.807) is 18.2 Å². The summed E-state index contributed by atoms with van der Waals surface area (Å²) in [7, 11) is 0. The molecule has 0 saturated heterocycles. The van der Waals surface area contributed by atoms with Gasteiger partial charge in [-0.05, 0) is 31.4 Å². The van der Waals surface area contributed by atoms with Gasteiger partial charge in [0.15, 0.2) is 17.1 Å². The highest BCUT2D eigenvalue weighted by molar-refractivity contribution is 5.89. The first-order chi connectivity index (χ1) is 12.2. The van der Waals surface area contributed by atoms with Gasteiger partial charge in [-0.1, -0.05) is 32.3 Å². The highest BCUT2D eigenvalue weighted by atomic mass is 16.5. The molecule has 1 aromatic heterocycles. The van der Waals surface area contributed by atoms with E-state index in [1.165, 1.54) is 0 Å². The SMILES string of the molecule is CCCCCCOc1c(O)c2cccc(OCCCCO)c2oc1=O. The van der Waals surface area contributed by atoms with Gasteiger partial charge in [0.2, 0.25) is 5.75 Å². The van der Waals surface area contributed by atoms with Crippen LogP contribution in [0.15, 0.2) is 27.4 Å². The van der Waals surface area contributed by atoms with Crippen molar-refractivity contribution in [3.63, 3.8) is 0 Å². The Morgan fingerprint density at radius 2 is 1.80 bits per heavy atom. The molecular weight excluding hydrogens is 324 g/mol. The van der Waals surface area contributed by atoms with Crippen LogP contribution in [0.25, 0.3) is 11.0 Å². The first-order valence-electron chi connectivity index (χ1n) is 8.84. The van der Waals surface area contributed by atoms with E-state index < -0.39 is 5.63 Å². The number of fused-ring (bicyclic) bond motifs is 1. The van der Waals surface area contributed by atoms with Crippen LogP contribution in [0.3, 0.4) is 0 Å². The third-order valence-corrected chi connectivity index (χ3v) is 3.88. The minimum absolute atomic E-state index is 0.105. The number of aromatic hydroxyl groups is 1. The third-order valence-electron chi connectivity index (χ3n) is 3.88. The number of aliphatic hydroxyl groups is 1. The summed E-state index contributed by atoms with van der Waals surface area (Å²) in [5.41, 5.74) is -0.515. The minimum Gasteiger partial charge on any atom is -0.504 e. The van der Waals surface area contributed by atoms with E-state index in [4.69, 9.17) is 19.0 Å². The van der Waals surface area contributed by atoms with Gasteiger partial charge in [0.1, 0.15) is 0 Å². The van der Waals surface area contributed by atoms with E-state index in [0.29, 0.717) is 37.2 Å². The molecule has 138 valence electrons. The topological polar surface area (TPSA) is 89.1 Å². The van der Waals surface area contributed by atoms with E-state index in [1.807, 2.05) is 0 Å². The summed E-state index contributed by atoms with van der Waals surface area (Å²) in [6.07, 6.45) is 5.38. The summed E-state index contributed by atoms with van der Waals surface area (Å²) in [4.78, 5) is 12.2. The Balaban J connectivity index is 2.16. The lowest BCUT2D eigenvalue weighted by molar-refractivity contribution is 0.251. The molecule has 0 unspecified atom stereocenters. The van der Waals surface area contributed by atoms with Crippen molar-refractivity contribution in [1.29, 1.82) is 0 Å². The molecule has 0 saturated carbocycles. The molecule has 1 heterocycles. The first-order valence-corrected chi connectivity index (χ1v) is 8.84. The number of unbranched alkanes of at least 4 members (excludes halogenated alkanes) is 4. The van der Waals surface area contributed by atoms with Crippen molar-refractivity contribution in [3.05, 3.63) is 28.6 Å². The molecule has 0 aliphatic heterocycles. The largest absolute Gasteiger partial charge is 0.504 e. The smallest absolute Gasteiger partial charge is 0.383 e. The standard InChI is InChI=1S/C19H26O6/c1-2-3-4-6-13-24-18-16(21)14-9-8-10-15(17(14)25-19(18)22)23-12-7-5-11-20/h8-10,20-21H,2-7,11-13H2,1H3. The molecule has 0 atom stereocenters. The molecule has 0 spiro atoms. The molecule has 2 rings (SSSR count). The molecule has 6 heteroatoms. The maximum absolute atomic E-state index is 12.2. The van der Waals surface area contributed by atoms with Crippen LogP contribution in [0.2, 0.25) is 0 Å². The zero-order valence-corrected chi connectivity index (χ0v) is 14.6. The van der Waals surface area contributed by atoms with E-state index in [-0.39, 0.29) is 23.7 Å². The Kier molecular flexibility index (Phi) is 7.60. The van der Waals surface area contributed by atoms with Gasteiger partial charge in [0.25, 0.3) is 0 Å². The van der Waals surface area contributed by atoms with Gasteiger partial charge >= 0.3 is 5.63 Å².